The van der Waals surface area contributed by atoms with Crippen LogP contribution >= 0.6 is 15.9 Å². The number of rotatable bonds is 4. The van der Waals surface area contributed by atoms with Crippen LogP contribution in [0.4, 0.5) is 0 Å². The molecule has 0 aromatic heterocycles. The molecular weight excluding hydrogens is 478 g/mol. The first kappa shape index (κ1) is 18.7. The molecule has 164 valence electrons. The zero-order valence-electron chi connectivity index (χ0n) is 18.2. The molecule has 0 saturated heterocycles. The molecule has 6 fully saturated rings. The van der Waals surface area contributed by atoms with Gasteiger partial charge >= 0.3 is 5.97 Å². The SMILES string of the molecule is Cc1c(-c2ccccc2)cc2ccc(Br)cc2c1C(=O)NC12C3C4C1C1(C)C2C3C41C(=O)O. The van der Waals surface area contributed by atoms with Gasteiger partial charge in [0.05, 0.1) is 16.5 Å². The second-order valence-corrected chi connectivity index (χ2v) is 11.9. The summed E-state index contributed by atoms with van der Waals surface area (Å²) < 4.78 is 0.947. The lowest BCUT2D eigenvalue weighted by Gasteiger charge is -3.13. The third kappa shape index (κ3) is 1.51. The van der Waals surface area contributed by atoms with Gasteiger partial charge < -0.3 is 10.4 Å². The van der Waals surface area contributed by atoms with E-state index >= 15 is 0 Å². The molecule has 0 heterocycles. The maximum Gasteiger partial charge on any atom is 0.310 e. The highest BCUT2D eigenvalue weighted by Crippen LogP contribution is 3.11. The molecule has 6 aliphatic carbocycles. The van der Waals surface area contributed by atoms with Crippen molar-refractivity contribution in [2.45, 2.75) is 19.4 Å². The lowest BCUT2D eigenvalue weighted by molar-refractivity contribution is -0.650. The maximum atomic E-state index is 13.9. The number of aliphatic carboxylic acids is 1. The van der Waals surface area contributed by atoms with Gasteiger partial charge in [0.2, 0.25) is 0 Å². The Kier molecular flexibility index (Phi) is 2.95. The number of hydrogen-bond acceptors (Lipinski definition) is 2. The summed E-state index contributed by atoms with van der Waals surface area (Å²) in [4.78, 5) is 26.0. The summed E-state index contributed by atoms with van der Waals surface area (Å²) >= 11 is 3.58. The second-order valence-electron chi connectivity index (χ2n) is 11.0. The van der Waals surface area contributed by atoms with Crippen LogP contribution in [0.1, 0.15) is 22.8 Å². The van der Waals surface area contributed by atoms with E-state index in [1.165, 1.54) is 0 Å². The fraction of sp³-hybridized carbons (Fsp3) is 0.357. The van der Waals surface area contributed by atoms with Crippen molar-refractivity contribution in [1.82, 2.24) is 5.32 Å². The number of carbonyl (C=O) groups is 2. The van der Waals surface area contributed by atoms with Crippen LogP contribution < -0.4 is 5.32 Å². The number of hydrogen-bond donors (Lipinski definition) is 2. The van der Waals surface area contributed by atoms with Gasteiger partial charge in [0, 0.05) is 4.47 Å². The van der Waals surface area contributed by atoms with Gasteiger partial charge in [-0.05, 0) is 87.6 Å². The quantitative estimate of drug-likeness (QED) is 0.513. The van der Waals surface area contributed by atoms with E-state index in [0.717, 1.165) is 37.5 Å². The lowest BCUT2D eigenvalue weighted by Crippen LogP contribution is -3.19. The van der Waals surface area contributed by atoms with E-state index in [1.807, 2.05) is 37.3 Å². The summed E-state index contributed by atoms with van der Waals surface area (Å²) in [6, 6.07) is 18.5. The molecule has 5 heteroatoms. The zero-order chi connectivity index (χ0) is 22.7. The van der Waals surface area contributed by atoms with Gasteiger partial charge in [-0.1, -0.05) is 59.3 Å². The van der Waals surface area contributed by atoms with Crippen molar-refractivity contribution in [2.24, 2.45) is 40.4 Å². The van der Waals surface area contributed by atoms with Gasteiger partial charge in [0.25, 0.3) is 5.91 Å². The molecule has 0 bridgehead atoms. The first-order valence-electron chi connectivity index (χ1n) is 11.7. The predicted molar refractivity (Wildman–Crippen MR) is 128 cm³/mol. The van der Waals surface area contributed by atoms with E-state index in [1.54, 1.807) is 0 Å². The number of fused-ring (bicyclic) bond motifs is 1. The molecular formula is C28H22BrNO3. The van der Waals surface area contributed by atoms with Gasteiger partial charge in [0.15, 0.2) is 0 Å². The summed E-state index contributed by atoms with van der Waals surface area (Å²) in [6.45, 7) is 4.19. The van der Waals surface area contributed by atoms with Crippen LogP contribution in [0.25, 0.3) is 21.9 Å². The average Bonchev–Trinajstić information content (AvgIpc) is 2.78. The molecule has 0 aliphatic heterocycles. The van der Waals surface area contributed by atoms with Gasteiger partial charge in [-0.3, -0.25) is 9.59 Å². The number of benzene rings is 3. The van der Waals surface area contributed by atoms with Crippen molar-refractivity contribution in [3.8, 4) is 11.1 Å². The first-order valence-corrected chi connectivity index (χ1v) is 12.4. The molecule has 0 radical (unpaired) electrons. The second kappa shape index (κ2) is 5.20. The molecule has 0 spiro atoms. The minimum absolute atomic E-state index is 0.0166. The Morgan fingerprint density at radius 2 is 1.70 bits per heavy atom. The van der Waals surface area contributed by atoms with E-state index < -0.39 is 11.4 Å². The number of amides is 1. The topological polar surface area (TPSA) is 66.4 Å². The molecule has 3 aromatic carbocycles. The van der Waals surface area contributed by atoms with Crippen molar-refractivity contribution in [2.75, 3.05) is 0 Å². The molecule has 4 nitrogen and oxygen atoms in total. The molecule has 9 rings (SSSR count). The average molecular weight is 500 g/mol. The van der Waals surface area contributed by atoms with Crippen molar-refractivity contribution in [3.63, 3.8) is 0 Å². The normalized spacial score (nSPS) is 41.6. The molecule has 6 saturated carbocycles. The molecule has 1 amide bonds. The van der Waals surface area contributed by atoms with Crippen LogP contribution in [-0.2, 0) is 4.79 Å². The number of carbonyl (C=O) groups excluding carboxylic acids is 1. The molecule has 6 aliphatic rings. The minimum atomic E-state index is -0.606. The zero-order valence-corrected chi connectivity index (χ0v) is 19.8. The van der Waals surface area contributed by atoms with Crippen molar-refractivity contribution >= 4 is 38.6 Å². The smallest absolute Gasteiger partial charge is 0.310 e. The number of carboxylic acids is 1. The van der Waals surface area contributed by atoms with Crippen LogP contribution in [0.5, 0.6) is 0 Å². The van der Waals surface area contributed by atoms with Gasteiger partial charge in [-0.25, -0.2) is 0 Å². The summed E-state index contributed by atoms with van der Waals surface area (Å²) in [7, 11) is 0. The Balaban J connectivity index is 1.22. The Morgan fingerprint density at radius 3 is 2.33 bits per heavy atom. The molecule has 4 unspecified atom stereocenters. The van der Waals surface area contributed by atoms with Crippen molar-refractivity contribution in [3.05, 3.63) is 70.2 Å². The minimum Gasteiger partial charge on any atom is -0.481 e. The van der Waals surface area contributed by atoms with E-state index in [4.69, 9.17) is 0 Å². The molecule has 3 aromatic rings. The highest BCUT2D eigenvalue weighted by Gasteiger charge is 3.16. The van der Waals surface area contributed by atoms with Crippen LogP contribution in [0.3, 0.4) is 0 Å². The van der Waals surface area contributed by atoms with Gasteiger partial charge in [0.1, 0.15) is 0 Å². The van der Waals surface area contributed by atoms with Crippen LogP contribution in [0.15, 0.2) is 59.1 Å². The standard InChI is InChI=1S/C28H22BrNO3/c1-12-16(13-6-4-3-5-7-13)10-14-8-9-15(29)11-17(14)18(12)24(31)30-28-19-20-22(28)26(2)23(28)21(19)27(20,26)25(32)33/h3-11,19-23H,1-2H3,(H,30,31)(H,32,33). The monoisotopic (exact) mass is 499 g/mol. The fourth-order valence-electron chi connectivity index (χ4n) is 9.96. The highest BCUT2D eigenvalue weighted by atomic mass is 79.9. The Labute approximate surface area is 199 Å². The number of nitrogens with one attached hydrogen (secondary N) is 1. The van der Waals surface area contributed by atoms with Crippen LogP contribution in [-0.4, -0.2) is 22.5 Å². The van der Waals surface area contributed by atoms with E-state index in [0.29, 0.717) is 17.8 Å². The third-order valence-corrected chi connectivity index (χ3v) is 11.2. The highest BCUT2D eigenvalue weighted by molar-refractivity contribution is 9.10. The number of carboxylic acid groups (broad SMARTS) is 1. The maximum absolute atomic E-state index is 13.9. The van der Waals surface area contributed by atoms with Gasteiger partial charge in [-0.15, -0.1) is 0 Å². The molecule has 4 atom stereocenters. The first-order chi connectivity index (χ1) is 15.8. The van der Waals surface area contributed by atoms with Gasteiger partial charge in [-0.2, -0.15) is 0 Å². The van der Waals surface area contributed by atoms with Crippen molar-refractivity contribution in [1.29, 1.82) is 0 Å². The summed E-state index contributed by atoms with van der Waals surface area (Å²) in [6.07, 6.45) is 0. The van der Waals surface area contributed by atoms with Crippen molar-refractivity contribution < 1.29 is 14.7 Å². The summed E-state index contributed by atoms with van der Waals surface area (Å²) in [5.74, 6) is 0.963. The third-order valence-electron chi connectivity index (χ3n) is 10.7. The van der Waals surface area contributed by atoms with E-state index in [9.17, 15) is 14.7 Å². The summed E-state index contributed by atoms with van der Waals surface area (Å²) in [5, 5.41) is 15.4. The lowest BCUT2D eigenvalue weighted by atomic mass is 8.90. The Bertz CT molecular complexity index is 1460. The Hall–Kier alpha value is -2.66. The Morgan fingerprint density at radius 1 is 1.00 bits per heavy atom. The number of halogens is 1. The largest absolute Gasteiger partial charge is 0.481 e. The fourth-order valence-corrected chi connectivity index (χ4v) is 10.3. The predicted octanol–water partition coefficient (Wildman–Crippen LogP) is 5.27. The van der Waals surface area contributed by atoms with Crippen LogP contribution in [0, 0.1) is 47.3 Å². The molecule has 2 N–H and O–H groups in total. The summed E-state index contributed by atoms with van der Waals surface area (Å²) in [5.41, 5.74) is 3.14. The molecule has 33 heavy (non-hydrogen) atoms. The van der Waals surface area contributed by atoms with Crippen LogP contribution in [0.2, 0.25) is 0 Å². The van der Waals surface area contributed by atoms with E-state index in [-0.39, 0.29) is 28.7 Å². The van der Waals surface area contributed by atoms with E-state index in [2.05, 4.69) is 52.4 Å².